The average Bonchev–Trinajstić information content (AvgIpc) is 2.76. The molecule has 26 heavy (non-hydrogen) atoms. The maximum absolute atomic E-state index is 12.2. The number of methoxy groups -OCH3 is 1. The largest absolute Gasteiger partial charge is 0.498 e. The summed E-state index contributed by atoms with van der Waals surface area (Å²) in [5.74, 6) is -0.139. The molecule has 5 nitrogen and oxygen atoms in total. The zero-order chi connectivity index (χ0) is 19.7. The third kappa shape index (κ3) is 2.23. The number of rotatable bonds is 3. The first-order valence-electron chi connectivity index (χ1n) is 9.55. The van der Waals surface area contributed by atoms with Crippen molar-refractivity contribution in [1.29, 1.82) is 0 Å². The summed E-state index contributed by atoms with van der Waals surface area (Å²) >= 11 is 0. The van der Waals surface area contributed by atoms with Crippen LogP contribution in [-0.4, -0.2) is 46.5 Å². The smallest absolute Gasteiger partial charge is 0.156 e. The topological polar surface area (TPSA) is 87.0 Å². The van der Waals surface area contributed by atoms with Crippen LogP contribution >= 0.6 is 0 Å². The molecule has 3 aliphatic rings. The lowest BCUT2D eigenvalue weighted by Gasteiger charge is -2.52. The molecule has 0 heterocycles. The van der Waals surface area contributed by atoms with Crippen LogP contribution in [0.15, 0.2) is 22.5 Å². The zero-order valence-electron chi connectivity index (χ0n) is 16.7. The molecule has 5 atom stereocenters. The number of carbonyl (C=O) groups is 1. The van der Waals surface area contributed by atoms with Crippen molar-refractivity contribution in [3.8, 4) is 0 Å². The van der Waals surface area contributed by atoms with Gasteiger partial charge in [-0.1, -0.05) is 41.0 Å². The van der Waals surface area contributed by atoms with Crippen LogP contribution in [0.3, 0.4) is 0 Å². The van der Waals surface area contributed by atoms with Crippen molar-refractivity contribution < 1.29 is 24.9 Å². The number of carbonyl (C=O) groups excluding carboxylic acids is 1. The van der Waals surface area contributed by atoms with Gasteiger partial charge in [0.15, 0.2) is 6.29 Å². The summed E-state index contributed by atoms with van der Waals surface area (Å²) in [6.07, 6.45) is 0.989. The highest BCUT2D eigenvalue weighted by molar-refractivity contribution is 5.76. The molecule has 0 aliphatic heterocycles. The lowest BCUT2D eigenvalue weighted by molar-refractivity contribution is -0.140. The number of hydrogen-bond acceptors (Lipinski definition) is 5. The highest BCUT2D eigenvalue weighted by atomic mass is 16.5. The Hall–Kier alpha value is -1.17. The van der Waals surface area contributed by atoms with E-state index in [-0.39, 0.29) is 16.9 Å². The van der Waals surface area contributed by atoms with Gasteiger partial charge in [0.2, 0.25) is 0 Å². The summed E-state index contributed by atoms with van der Waals surface area (Å²) in [7, 11) is 1.49. The van der Waals surface area contributed by atoms with Crippen molar-refractivity contribution in [2.45, 2.75) is 71.7 Å². The van der Waals surface area contributed by atoms with Gasteiger partial charge in [0, 0.05) is 17.1 Å². The summed E-state index contributed by atoms with van der Waals surface area (Å²) in [6, 6.07) is 0. The van der Waals surface area contributed by atoms with E-state index in [2.05, 4.69) is 13.8 Å². The summed E-state index contributed by atoms with van der Waals surface area (Å²) < 4.78 is 5.50. The molecule has 0 aromatic carbocycles. The van der Waals surface area contributed by atoms with Gasteiger partial charge in [-0.25, -0.2) is 0 Å². The Morgan fingerprint density at radius 3 is 2.23 bits per heavy atom. The van der Waals surface area contributed by atoms with E-state index in [9.17, 15) is 20.1 Å². The monoisotopic (exact) mass is 364 g/mol. The van der Waals surface area contributed by atoms with Crippen molar-refractivity contribution in [3.63, 3.8) is 0 Å². The second-order valence-corrected chi connectivity index (χ2v) is 9.45. The number of fused-ring (bicyclic) bond motifs is 2. The van der Waals surface area contributed by atoms with Gasteiger partial charge in [-0.15, -0.1) is 0 Å². The Labute approximate surface area is 155 Å². The molecule has 1 fully saturated rings. The highest BCUT2D eigenvalue weighted by Crippen LogP contribution is 2.67. The third-order valence-corrected chi connectivity index (χ3v) is 7.11. The molecule has 5 heteroatoms. The zero-order valence-corrected chi connectivity index (χ0v) is 16.7. The minimum absolute atomic E-state index is 0.0944. The Kier molecular flexibility index (Phi) is 4.45. The summed E-state index contributed by atoms with van der Waals surface area (Å²) in [5, 5.41) is 34.0. The van der Waals surface area contributed by atoms with Gasteiger partial charge in [0.05, 0.1) is 7.11 Å². The molecule has 0 spiro atoms. The SMILES string of the molecule is COC1=C(C(C)C)[C@@H](O)C2=C([C@@H]1O)[C@@]1(C)CCCC(C)(C)[C@@H]1[C@@]2(O)C=O. The van der Waals surface area contributed by atoms with E-state index in [0.717, 1.165) is 19.3 Å². The molecule has 0 amide bonds. The van der Waals surface area contributed by atoms with Crippen molar-refractivity contribution in [1.82, 2.24) is 0 Å². The van der Waals surface area contributed by atoms with Crippen LogP contribution in [0, 0.1) is 22.7 Å². The number of aliphatic hydroxyl groups is 3. The summed E-state index contributed by atoms with van der Waals surface area (Å²) in [5.41, 5.74) is -1.25. The lowest BCUT2D eigenvalue weighted by Crippen LogP contribution is -2.54. The van der Waals surface area contributed by atoms with Crippen LogP contribution in [0.1, 0.15) is 53.9 Å². The first-order valence-corrected chi connectivity index (χ1v) is 9.55. The highest BCUT2D eigenvalue weighted by Gasteiger charge is 2.68. The minimum atomic E-state index is -1.78. The molecule has 0 unspecified atom stereocenters. The van der Waals surface area contributed by atoms with Crippen molar-refractivity contribution in [2.24, 2.45) is 22.7 Å². The van der Waals surface area contributed by atoms with Crippen molar-refractivity contribution >= 4 is 6.29 Å². The second-order valence-electron chi connectivity index (χ2n) is 9.45. The second kappa shape index (κ2) is 5.91. The quantitative estimate of drug-likeness (QED) is 0.529. The molecule has 0 aromatic heterocycles. The van der Waals surface area contributed by atoms with Crippen molar-refractivity contribution in [3.05, 3.63) is 22.5 Å². The van der Waals surface area contributed by atoms with Crippen LogP contribution in [0.5, 0.6) is 0 Å². The van der Waals surface area contributed by atoms with E-state index < -0.39 is 29.1 Å². The predicted octanol–water partition coefficient (Wildman–Crippen LogP) is 2.35. The predicted molar refractivity (Wildman–Crippen MR) is 98.2 cm³/mol. The maximum atomic E-state index is 12.2. The van der Waals surface area contributed by atoms with Crippen LogP contribution in [0.2, 0.25) is 0 Å². The molecule has 1 saturated carbocycles. The van der Waals surface area contributed by atoms with Gasteiger partial charge in [0.25, 0.3) is 0 Å². The average molecular weight is 364 g/mol. The van der Waals surface area contributed by atoms with Gasteiger partial charge in [-0.05, 0) is 35.2 Å². The summed E-state index contributed by atoms with van der Waals surface area (Å²) in [4.78, 5) is 12.2. The third-order valence-electron chi connectivity index (χ3n) is 7.11. The molecule has 0 bridgehead atoms. The van der Waals surface area contributed by atoms with Gasteiger partial charge >= 0.3 is 0 Å². The van der Waals surface area contributed by atoms with Crippen LogP contribution in [-0.2, 0) is 9.53 Å². The molecule has 0 radical (unpaired) electrons. The van der Waals surface area contributed by atoms with Gasteiger partial charge in [0.1, 0.15) is 23.6 Å². The summed E-state index contributed by atoms with van der Waals surface area (Å²) in [6.45, 7) is 9.95. The first-order chi connectivity index (χ1) is 12.0. The van der Waals surface area contributed by atoms with E-state index in [1.165, 1.54) is 7.11 Å². The van der Waals surface area contributed by atoms with Crippen LogP contribution in [0.25, 0.3) is 0 Å². The van der Waals surface area contributed by atoms with Gasteiger partial charge in [-0.2, -0.15) is 0 Å². The molecule has 0 saturated heterocycles. The molecule has 0 aromatic rings. The van der Waals surface area contributed by atoms with Gasteiger partial charge < -0.3 is 20.1 Å². The number of aldehydes is 1. The normalized spacial score (nSPS) is 42.0. The Morgan fingerprint density at radius 1 is 1.12 bits per heavy atom. The molecular weight excluding hydrogens is 332 g/mol. The molecule has 3 rings (SSSR count). The first kappa shape index (κ1) is 19.6. The van der Waals surface area contributed by atoms with Crippen molar-refractivity contribution in [2.75, 3.05) is 7.11 Å². The number of hydrogen-bond donors (Lipinski definition) is 3. The number of ether oxygens (including phenoxy) is 1. The van der Waals surface area contributed by atoms with E-state index in [1.54, 1.807) is 0 Å². The number of aliphatic hydroxyl groups excluding tert-OH is 2. The Balaban J connectivity index is 2.30. The van der Waals surface area contributed by atoms with Gasteiger partial charge in [-0.3, -0.25) is 4.79 Å². The van der Waals surface area contributed by atoms with E-state index in [4.69, 9.17) is 4.74 Å². The fourth-order valence-corrected chi connectivity index (χ4v) is 6.48. The van der Waals surface area contributed by atoms with E-state index >= 15 is 0 Å². The maximum Gasteiger partial charge on any atom is 0.156 e. The molecule has 146 valence electrons. The molecule has 3 aliphatic carbocycles. The lowest BCUT2D eigenvalue weighted by atomic mass is 9.53. The molecule has 3 N–H and O–H groups in total. The van der Waals surface area contributed by atoms with Crippen LogP contribution < -0.4 is 0 Å². The minimum Gasteiger partial charge on any atom is -0.498 e. The Bertz CT molecular complexity index is 689. The molecular formula is C21H32O5. The fourth-order valence-electron chi connectivity index (χ4n) is 6.48. The Morgan fingerprint density at radius 2 is 1.73 bits per heavy atom. The standard InChI is InChI=1S/C21H32O5/c1-11(2)12-15(23)14-13(16(24)17(12)26-6)20(5)9-7-8-19(3,4)18(20)21(14,25)10-22/h10-11,15-16,18,23-25H,7-9H2,1-6H3/t15-,16+,18+,20-,21-/m1/s1. The fraction of sp³-hybridized carbons (Fsp3) is 0.762. The van der Waals surface area contributed by atoms with Crippen LogP contribution in [0.4, 0.5) is 0 Å². The van der Waals surface area contributed by atoms with E-state index in [0.29, 0.717) is 23.2 Å². The van der Waals surface area contributed by atoms with E-state index in [1.807, 2.05) is 20.8 Å².